The molecular weight excluding hydrogens is 931 g/mol. The number of carbonyl (C=O) groups is 3. The number of amides is 1. The molecule has 8 rings (SSSR count). The van der Waals surface area contributed by atoms with E-state index in [-0.39, 0.29) is 41.2 Å². The summed E-state index contributed by atoms with van der Waals surface area (Å²) >= 11 is 0. The average Bonchev–Trinajstić information content (AvgIpc) is 4.18. The number of ether oxygens (including phenoxy) is 2. The molecule has 0 radical (unpaired) electrons. The van der Waals surface area contributed by atoms with E-state index >= 15 is 0 Å². The van der Waals surface area contributed by atoms with Crippen LogP contribution in [0.3, 0.4) is 0 Å². The first-order valence-corrected chi connectivity index (χ1v) is 26.3. The van der Waals surface area contributed by atoms with Crippen LogP contribution in [0.5, 0.6) is 0 Å². The second kappa shape index (κ2) is 33.1. The molecule has 1 amide bonds. The molecule has 5 aliphatic rings. The minimum absolute atomic E-state index is 0. The Morgan fingerprint density at radius 3 is 1.53 bits per heavy atom. The molecule has 4 heterocycles. The summed E-state index contributed by atoms with van der Waals surface area (Å²) in [5.74, 6) is 4.95. The number of nitrogens with zero attached hydrogens (tertiary/aromatic N) is 6. The van der Waals surface area contributed by atoms with Crippen LogP contribution >= 0.6 is 0 Å². The summed E-state index contributed by atoms with van der Waals surface area (Å²) in [6, 6.07) is 6.96. The van der Waals surface area contributed by atoms with E-state index in [0.717, 1.165) is 79.1 Å². The Kier molecular flexibility index (Phi) is 30.0. The molecular formula is C57H92ClFN8O5. The van der Waals surface area contributed by atoms with E-state index in [1.54, 1.807) is 12.1 Å². The van der Waals surface area contributed by atoms with Gasteiger partial charge >= 0.3 is 5.97 Å². The number of allylic oxidation sites excluding steroid dienone is 1. The molecule has 72 heavy (non-hydrogen) atoms. The Bertz CT molecular complexity index is 2140. The molecule has 0 bridgehead atoms. The fourth-order valence-electron chi connectivity index (χ4n) is 8.01. The molecule has 5 fully saturated rings. The van der Waals surface area contributed by atoms with Crippen molar-refractivity contribution in [3.05, 3.63) is 92.5 Å². The van der Waals surface area contributed by atoms with Gasteiger partial charge in [0.25, 0.3) is 5.91 Å². The molecule has 13 nitrogen and oxygen atoms in total. The van der Waals surface area contributed by atoms with E-state index in [4.69, 9.17) is 15.9 Å². The minimum Gasteiger partial charge on any atom is -1.00 e. The van der Waals surface area contributed by atoms with Crippen molar-refractivity contribution in [1.82, 2.24) is 29.7 Å². The first-order chi connectivity index (χ1) is 33.7. The lowest BCUT2D eigenvalue weighted by molar-refractivity contribution is -0.138. The summed E-state index contributed by atoms with van der Waals surface area (Å²) in [7, 11) is 2.61. The van der Waals surface area contributed by atoms with E-state index in [1.807, 2.05) is 24.8 Å². The number of likely N-dealkylation sites (tertiary alicyclic amines) is 2. The average molecular weight is 1020 g/mol. The zero-order valence-electron chi connectivity index (χ0n) is 47.0. The molecule has 3 aromatic rings. The molecule has 2 saturated heterocycles. The number of rotatable bonds is 11. The Labute approximate surface area is 439 Å². The van der Waals surface area contributed by atoms with Crippen LogP contribution in [0, 0.1) is 58.2 Å². The quantitative estimate of drug-likeness (QED) is 0.0384. The third kappa shape index (κ3) is 21.7. The maximum atomic E-state index is 13.5. The zero-order chi connectivity index (χ0) is 53.5. The van der Waals surface area contributed by atoms with Crippen LogP contribution < -0.4 is 23.5 Å². The number of aryl methyl sites for hydroxylation is 4. The second-order valence-corrected chi connectivity index (χ2v) is 19.9. The largest absolute Gasteiger partial charge is 1.00 e. The van der Waals surface area contributed by atoms with E-state index in [0.29, 0.717) is 46.9 Å². The van der Waals surface area contributed by atoms with Gasteiger partial charge in [0.15, 0.2) is 5.78 Å². The Morgan fingerprint density at radius 1 is 0.736 bits per heavy atom. The number of hydrogen-bond donors (Lipinski definition) is 2. The third-order valence-corrected chi connectivity index (χ3v) is 12.6. The summed E-state index contributed by atoms with van der Waals surface area (Å²) in [6.07, 6.45) is 12.1. The van der Waals surface area contributed by atoms with Crippen LogP contribution in [0.2, 0.25) is 0 Å². The number of halogens is 2. The molecule has 3 aliphatic carbocycles. The van der Waals surface area contributed by atoms with Gasteiger partial charge in [0.1, 0.15) is 28.8 Å². The number of nitrogens with two attached hydrogens (primary N) is 2. The molecule has 2 aliphatic heterocycles. The van der Waals surface area contributed by atoms with Gasteiger partial charge in [-0.3, -0.25) is 20.7 Å². The smallest absolute Gasteiger partial charge is 0.344 e. The lowest BCUT2D eigenvalue weighted by Crippen LogP contribution is -3.00. The highest BCUT2D eigenvalue weighted by molar-refractivity contribution is 6.16. The van der Waals surface area contributed by atoms with Crippen molar-refractivity contribution >= 4 is 23.5 Å². The van der Waals surface area contributed by atoms with Gasteiger partial charge in [0, 0.05) is 49.4 Å². The second-order valence-electron chi connectivity index (χ2n) is 19.9. The Balaban J connectivity index is 0.000000532. The molecule has 3 saturated carbocycles. The van der Waals surface area contributed by atoms with Crippen molar-refractivity contribution in [2.45, 2.75) is 179 Å². The lowest BCUT2D eigenvalue weighted by atomic mass is 9.97. The van der Waals surface area contributed by atoms with E-state index in [2.05, 4.69) is 98.8 Å². The van der Waals surface area contributed by atoms with Crippen LogP contribution in [0.15, 0.2) is 35.6 Å². The normalized spacial score (nSPS) is 17.9. The maximum Gasteiger partial charge on any atom is 0.344 e. The molecule has 404 valence electrons. The number of ketones is 1. The highest BCUT2D eigenvalue weighted by Crippen LogP contribution is 2.40. The van der Waals surface area contributed by atoms with Gasteiger partial charge in [0.2, 0.25) is 5.84 Å². The summed E-state index contributed by atoms with van der Waals surface area (Å²) < 4.78 is 22.7. The molecule has 0 spiro atoms. The van der Waals surface area contributed by atoms with Crippen molar-refractivity contribution in [1.29, 1.82) is 0 Å². The van der Waals surface area contributed by atoms with E-state index in [9.17, 15) is 18.8 Å². The van der Waals surface area contributed by atoms with Crippen molar-refractivity contribution < 1.29 is 46.1 Å². The van der Waals surface area contributed by atoms with Crippen molar-refractivity contribution in [2.75, 3.05) is 46.9 Å². The van der Waals surface area contributed by atoms with Crippen LogP contribution in [-0.4, -0.2) is 100 Å². The van der Waals surface area contributed by atoms with E-state index < -0.39 is 5.97 Å². The molecule has 3 atom stereocenters. The van der Waals surface area contributed by atoms with Crippen molar-refractivity contribution in [3.8, 4) is 0 Å². The number of benzene rings is 1. The highest BCUT2D eigenvalue weighted by atomic mass is 35.5. The summed E-state index contributed by atoms with van der Waals surface area (Å²) in [5.41, 5.74) is 12.1. The zero-order valence-corrected chi connectivity index (χ0v) is 47.8. The van der Waals surface area contributed by atoms with Crippen LogP contribution in [0.1, 0.15) is 200 Å². The maximum absolute atomic E-state index is 13.5. The molecule has 15 heteroatoms. The third-order valence-electron chi connectivity index (χ3n) is 12.6. The number of carbonyl (C=O) groups excluding carboxylic acids is 3. The fraction of sp³-hybridized carbons (Fsp3) is 0.649. The van der Waals surface area contributed by atoms with Gasteiger partial charge in [-0.1, -0.05) is 79.9 Å². The van der Waals surface area contributed by atoms with Gasteiger partial charge in [-0.25, -0.2) is 29.1 Å². The monoisotopic (exact) mass is 1020 g/mol. The van der Waals surface area contributed by atoms with E-state index in [1.165, 1.54) is 97.5 Å². The van der Waals surface area contributed by atoms with Gasteiger partial charge in [-0.15, -0.1) is 0 Å². The standard InChI is InChI=1S/C26H33FN4O.C10H14N2.C8H12O4.C4H8N2.3C3H8.ClH/c1-16(20-5-4-6-23(27)11-20)9-10-30-12-21-14-31(15-22(21)13-30)26(32)24-17(2)28-25(19-7-8-19)29-18(24)3;1-6-7(2)11-10(9-4-5-9)12-8(6)3;1-5(9)7(6(2)11-3)8(10)12-4;5-4(6)3-1-2-3;3*1-3-2;/h4-6,11,16,19,21-22H,7-10,12-15H2,1-3H3;9H,4-5H2,1-3H3;1-4H3;3H,1-2H2,(H3,5,6);3*3H2,1-2H3;1H/b;;7-6+;;;;;/t16-,21?,22?;;;;;;;/m0......./s1. The Morgan fingerprint density at radius 2 is 1.18 bits per heavy atom. The summed E-state index contributed by atoms with van der Waals surface area (Å²) in [4.78, 5) is 58.0. The highest BCUT2D eigenvalue weighted by Gasteiger charge is 2.42. The van der Waals surface area contributed by atoms with Gasteiger partial charge < -0.3 is 31.7 Å². The SMILES string of the molecule is CCC.CCC.CCC.COC(=O)/C(C(C)=O)=C(\C)OC.Cc1nc(C2CC2)nc(C)c1C.Cc1nc(C2CC2)nc(C)c1C(=O)N1CC2CN(CC[C@H](C)c3cccc(F)c3)CC2C1.NC(=[NH2+])C1CC1.[Cl-]. The molecule has 4 N–H and O–H groups in total. The summed E-state index contributed by atoms with van der Waals surface area (Å²) in [6.45, 7) is 32.6. The first-order valence-electron chi connectivity index (χ1n) is 26.3. The van der Waals surface area contributed by atoms with Crippen molar-refractivity contribution in [3.63, 3.8) is 0 Å². The molecule has 2 aromatic heterocycles. The lowest BCUT2D eigenvalue weighted by Gasteiger charge is -2.23. The van der Waals surface area contributed by atoms with Crippen LogP contribution in [0.4, 0.5) is 4.39 Å². The number of hydrogen-bond acceptors (Lipinski definition) is 10. The van der Waals surface area contributed by atoms with Crippen LogP contribution in [-0.2, 0) is 19.1 Å². The van der Waals surface area contributed by atoms with Gasteiger partial charge in [0.05, 0.1) is 37.1 Å². The van der Waals surface area contributed by atoms with Gasteiger partial charge in [-0.2, -0.15) is 0 Å². The predicted octanol–water partition coefficient (Wildman–Crippen LogP) is 7.02. The number of fused-ring (bicyclic) bond motifs is 1. The Hall–Kier alpha value is -4.82. The number of methoxy groups -OCH3 is 2. The number of aromatic nitrogens is 4. The topological polar surface area (TPSA) is 179 Å². The van der Waals surface area contributed by atoms with Crippen molar-refractivity contribution in [2.24, 2.45) is 23.5 Å². The number of Topliss-reactive ketones (excluding diaryl/α,β-unsaturated/α-hetero) is 1. The molecule has 1 aromatic carbocycles. The molecule has 2 unspecified atom stereocenters. The van der Waals surface area contributed by atoms with Crippen LogP contribution in [0.25, 0.3) is 0 Å². The predicted molar refractivity (Wildman–Crippen MR) is 285 cm³/mol. The first kappa shape index (κ1) is 65.2. The fourth-order valence-corrected chi connectivity index (χ4v) is 8.01. The minimum atomic E-state index is -0.665. The number of amidine groups is 1. The van der Waals surface area contributed by atoms with Gasteiger partial charge in [-0.05, 0) is 141 Å². The number of esters is 1. The summed E-state index contributed by atoms with van der Waals surface area (Å²) in [5, 5.41) is 5.19.